The fourth-order valence-corrected chi connectivity index (χ4v) is 8.74. The number of likely N-dealkylation sites (tertiary alicyclic amines) is 2. The van der Waals surface area contributed by atoms with E-state index in [-0.39, 0.29) is 54.6 Å². The van der Waals surface area contributed by atoms with Crippen LogP contribution in [-0.2, 0) is 9.59 Å². The van der Waals surface area contributed by atoms with Crippen LogP contribution < -0.4 is 10.6 Å². The number of hydrogen-bond acceptors (Lipinski definition) is 5. The summed E-state index contributed by atoms with van der Waals surface area (Å²) in [6, 6.07) is 0.277. The molecule has 0 aromatic rings. The lowest BCUT2D eigenvalue weighted by atomic mass is 9.65. The molecule has 3 N–H and O–H groups in total. The van der Waals surface area contributed by atoms with Gasteiger partial charge in [-0.05, 0) is 88.9 Å². The van der Waals surface area contributed by atoms with Crippen molar-refractivity contribution in [3.05, 3.63) is 0 Å². The average Bonchev–Trinajstić information content (AvgIpc) is 2.92. The van der Waals surface area contributed by atoms with Crippen LogP contribution in [0.4, 0.5) is 13.2 Å². The number of nitrogens with one attached hydrogen (secondary N) is 2. The largest absolute Gasteiger partial charge is 0.393 e. The van der Waals surface area contributed by atoms with Crippen LogP contribution in [0, 0.1) is 35.5 Å². The van der Waals surface area contributed by atoms with Crippen molar-refractivity contribution in [2.75, 3.05) is 26.7 Å². The van der Waals surface area contributed by atoms with Crippen LogP contribution in [0.1, 0.15) is 78.1 Å². The monoisotopic (exact) mass is 570 g/mol. The molecule has 2 saturated carbocycles. The third-order valence-corrected chi connectivity index (χ3v) is 11.2. The predicted octanol–water partition coefficient (Wildman–Crippen LogP) is 3.56. The van der Waals surface area contributed by atoms with E-state index in [2.05, 4.69) is 29.4 Å². The van der Waals surface area contributed by atoms with Gasteiger partial charge in [0.15, 0.2) is 0 Å². The highest BCUT2D eigenvalue weighted by molar-refractivity contribution is 5.81. The molecule has 5 fully saturated rings. The Hall–Kier alpha value is -1.39. The molecule has 10 atom stereocenters. The molecule has 0 spiro atoms. The van der Waals surface area contributed by atoms with Gasteiger partial charge in [0.2, 0.25) is 11.8 Å². The molecule has 0 aromatic heterocycles. The van der Waals surface area contributed by atoms with Crippen LogP contribution in [0.25, 0.3) is 0 Å². The van der Waals surface area contributed by atoms with Gasteiger partial charge in [0.1, 0.15) is 0 Å². The summed E-state index contributed by atoms with van der Waals surface area (Å²) in [7, 11) is 1.94. The van der Waals surface area contributed by atoms with Crippen molar-refractivity contribution in [3.8, 4) is 0 Å². The van der Waals surface area contributed by atoms with E-state index in [0.717, 1.165) is 32.2 Å². The maximum absolute atomic E-state index is 13.9. The number of amides is 2. The smallest absolute Gasteiger partial charge is 0.391 e. The molecule has 0 radical (unpaired) electrons. The lowest BCUT2D eigenvalue weighted by molar-refractivity contribution is -0.192. The second-order valence-electron chi connectivity index (χ2n) is 13.9. The molecule has 3 aliphatic heterocycles. The van der Waals surface area contributed by atoms with Crippen LogP contribution in [0.2, 0.25) is 0 Å². The minimum Gasteiger partial charge on any atom is -0.393 e. The minimum absolute atomic E-state index is 0.0273. The molecule has 3 saturated heterocycles. The summed E-state index contributed by atoms with van der Waals surface area (Å²) in [6.45, 7) is 6.44. The number of piperidine rings is 3. The van der Waals surface area contributed by atoms with Gasteiger partial charge in [-0.15, -0.1) is 0 Å². The summed E-state index contributed by atoms with van der Waals surface area (Å²) in [5.41, 5.74) is 0. The summed E-state index contributed by atoms with van der Waals surface area (Å²) < 4.78 is 41.8. The third-order valence-electron chi connectivity index (χ3n) is 11.2. The summed E-state index contributed by atoms with van der Waals surface area (Å²) in [6.07, 6.45) is 0.971. The lowest BCUT2D eigenvalue weighted by Gasteiger charge is -2.50. The molecule has 228 valence electrons. The molecular weight excluding hydrogens is 521 g/mol. The predicted molar refractivity (Wildman–Crippen MR) is 146 cm³/mol. The van der Waals surface area contributed by atoms with Crippen molar-refractivity contribution in [2.24, 2.45) is 35.5 Å². The molecular formula is C30H49F3N4O3. The Balaban J connectivity index is 1.23. The number of alkyl halides is 3. The molecule has 2 aliphatic carbocycles. The zero-order valence-electron chi connectivity index (χ0n) is 24.3. The number of aliphatic hydroxyl groups is 1. The molecule has 3 heterocycles. The second kappa shape index (κ2) is 12.1. The van der Waals surface area contributed by atoms with Gasteiger partial charge in [0, 0.05) is 62.7 Å². The Morgan fingerprint density at radius 1 is 1.00 bits per heavy atom. The number of carbonyl (C=O) groups excluding carboxylic acids is 2. The van der Waals surface area contributed by atoms with Crippen molar-refractivity contribution in [2.45, 2.75) is 115 Å². The summed E-state index contributed by atoms with van der Waals surface area (Å²) >= 11 is 0. The van der Waals surface area contributed by atoms with E-state index < -0.39 is 24.1 Å². The number of aliphatic hydroxyl groups excluding tert-OH is 1. The highest BCUT2D eigenvalue weighted by atomic mass is 19.4. The Bertz CT molecular complexity index is 911. The van der Waals surface area contributed by atoms with Gasteiger partial charge in [-0.25, -0.2) is 0 Å². The number of hydrogen-bond donors (Lipinski definition) is 3. The molecule has 0 bridgehead atoms. The zero-order valence-corrected chi connectivity index (χ0v) is 24.3. The summed E-state index contributed by atoms with van der Waals surface area (Å²) in [4.78, 5) is 31.1. The van der Waals surface area contributed by atoms with Crippen molar-refractivity contribution in [3.63, 3.8) is 0 Å². The van der Waals surface area contributed by atoms with Crippen LogP contribution in [0.5, 0.6) is 0 Å². The van der Waals surface area contributed by atoms with Gasteiger partial charge in [0.05, 0.1) is 12.0 Å². The molecule has 5 aliphatic rings. The van der Waals surface area contributed by atoms with Crippen LogP contribution >= 0.6 is 0 Å². The van der Waals surface area contributed by atoms with Crippen molar-refractivity contribution in [1.82, 2.24) is 20.4 Å². The van der Waals surface area contributed by atoms with Gasteiger partial charge in [0.25, 0.3) is 0 Å². The van der Waals surface area contributed by atoms with E-state index in [9.17, 15) is 27.9 Å². The number of nitrogens with zero attached hydrogens (tertiary/aromatic N) is 2. The first-order chi connectivity index (χ1) is 18.9. The first kappa shape index (κ1) is 30.1. The van der Waals surface area contributed by atoms with E-state index in [1.165, 1.54) is 0 Å². The molecule has 10 unspecified atom stereocenters. The highest BCUT2D eigenvalue weighted by Crippen LogP contribution is 2.45. The molecule has 0 aromatic carbocycles. The van der Waals surface area contributed by atoms with Gasteiger partial charge in [-0.1, -0.05) is 6.92 Å². The van der Waals surface area contributed by atoms with Gasteiger partial charge < -0.3 is 25.5 Å². The maximum atomic E-state index is 13.9. The third kappa shape index (κ3) is 6.48. The minimum atomic E-state index is -4.32. The van der Waals surface area contributed by atoms with Gasteiger partial charge in [-0.2, -0.15) is 13.2 Å². The quantitative estimate of drug-likeness (QED) is 0.482. The molecule has 40 heavy (non-hydrogen) atoms. The molecule has 10 heteroatoms. The second-order valence-corrected chi connectivity index (χ2v) is 13.9. The Morgan fingerprint density at radius 3 is 2.42 bits per heavy atom. The van der Waals surface area contributed by atoms with Crippen molar-refractivity contribution < 1.29 is 27.9 Å². The van der Waals surface area contributed by atoms with E-state index in [4.69, 9.17) is 0 Å². The van der Waals surface area contributed by atoms with Gasteiger partial charge in [-0.3, -0.25) is 9.59 Å². The zero-order chi connectivity index (χ0) is 28.8. The Kier molecular flexibility index (Phi) is 9.08. The van der Waals surface area contributed by atoms with Crippen LogP contribution in [0.3, 0.4) is 0 Å². The maximum Gasteiger partial charge on any atom is 0.391 e. The van der Waals surface area contributed by atoms with Gasteiger partial charge >= 0.3 is 6.18 Å². The molecule has 2 amide bonds. The standard InChI is InChI=1S/C30H49F3N4O3/c1-17-4-5-22(15-25(17)26-13-20-16-34-18(2)10-27(20)36(3)29(26)40)35-28(39)19-11-21(30(31,32)33)14-23(12-19)37-8-6-24(38)7-9-37/h17-27,34,38H,4-16H2,1-3H3,(H,35,39). The summed E-state index contributed by atoms with van der Waals surface area (Å²) in [5.74, 6) is -1.31. The number of carbonyl (C=O) groups is 2. The van der Waals surface area contributed by atoms with E-state index in [0.29, 0.717) is 56.7 Å². The fourth-order valence-electron chi connectivity index (χ4n) is 8.74. The van der Waals surface area contributed by atoms with E-state index in [1.54, 1.807) is 0 Å². The van der Waals surface area contributed by atoms with E-state index >= 15 is 0 Å². The lowest BCUT2D eigenvalue weighted by Crippen LogP contribution is -2.60. The normalized spacial score (nSPS) is 42.4. The average molecular weight is 571 g/mol. The number of rotatable bonds is 4. The first-order valence-electron chi connectivity index (χ1n) is 15.7. The molecule has 5 rings (SSSR count). The first-order valence-corrected chi connectivity index (χ1v) is 15.7. The van der Waals surface area contributed by atoms with E-state index in [1.807, 2.05) is 11.9 Å². The number of fused-ring (bicyclic) bond motifs is 1. The van der Waals surface area contributed by atoms with Crippen LogP contribution in [-0.4, -0.2) is 89.9 Å². The topological polar surface area (TPSA) is 84.9 Å². The van der Waals surface area contributed by atoms with Crippen molar-refractivity contribution in [1.29, 1.82) is 0 Å². The van der Waals surface area contributed by atoms with Crippen LogP contribution in [0.15, 0.2) is 0 Å². The SMILES string of the molecule is CC1CC2C(CN1)CC(C1CC(NC(=O)C3CC(N4CCC(O)CC4)CC(C(F)(F)F)C3)CCC1C)C(=O)N2C. The Labute approximate surface area is 237 Å². The Morgan fingerprint density at radius 2 is 1.73 bits per heavy atom. The highest BCUT2D eigenvalue weighted by Gasteiger charge is 2.49. The fraction of sp³-hybridized carbons (Fsp3) is 0.933. The van der Waals surface area contributed by atoms with Crippen molar-refractivity contribution >= 4 is 11.8 Å². The molecule has 7 nitrogen and oxygen atoms in total. The number of halogens is 3. The summed E-state index contributed by atoms with van der Waals surface area (Å²) in [5, 5.41) is 16.6.